The molecule has 0 saturated carbocycles. The van der Waals surface area contributed by atoms with Gasteiger partial charge in [-0.1, -0.05) is 95.1 Å². The molecule has 0 N–H and O–H groups in total. The summed E-state index contributed by atoms with van der Waals surface area (Å²) in [7, 11) is 0. The fraction of sp³-hybridized carbons (Fsp3) is 0.214. The number of rotatable bonds is 4. The van der Waals surface area contributed by atoms with Crippen molar-refractivity contribution in [3.05, 3.63) is 117 Å². The van der Waals surface area contributed by atoms with Crippen molar-refractivity contribution in [1.29, 1.82) is 0 Å². The summed E-state index contributed by atoms with van der Waals surface area (Å²) in [5.41, 5.74) is 11.0. The van der Waals surface area contributed by atoms with E-state index >= 15 is 0 Å². The van der Waals surface area contributed by atoms with Gasteiger partial charge in [0.15, 0.2) is 0 Å². The van der Waals surface area contributed by atoms with Crippen LogP contribution in [0.1, 0.15) is 44.5 Å². The van der Waals surface area contributed by atoms with Crippen molar-refractivity contribution in [2.24, 2.45) is 0 Å². The Kier molecular flexibility index (Phi) is 5.05. The molecule has 140 valence electrons. The molecule has 0 aliphatic heterocycles. The molecule has 4 aromatic carbocycles. The summed E-state index contributed by atoms with van der Waals surface area (Å²) >= 11 is 0. The Bertz CT molecular complexity index is 1020. The lowest BCUT2D eigenvalue weighted by molar-refractivity contribution is 1.16. The molecule has 0 aliphatic carbocycles. The van der Waals surface area contributed by atoms with Crippen molar-refractivity contribution in [2.45, 2.75) is 40.5 Å². The first-order valence-electron chi connectivity index (χ1n) is 10.1. The van der Waals surface area contributed by atoms with E-state index in [-0.39, 0.29) is 0 Å². The van der Waals surface area contributed by atoms with Crippen LogP contribution in [-0.2, 0) is 12.8 Å². The second-order valence-corrected chi connectivity index (χ2v) is 8.27. The van der Waals surface area contributed by atoms with Crippen molar-refractivity contribution < 1.29 is 0 Å². The van der Waals surface area contributed by atoms with Crippen molar-refractivity contribution in [3.63, 3.8) is 0 Å². The first kappa shape index (κ1) is 18.5. The molecule has 0 saturated heterocycles. The Morgan fingerprint density at radius 1 is 0.464 bits per heavy atom. The average molecular weight is 365 g/mol. The minimum absolute atomic E-state index is 0.979. The standard InChI is InChI=1S/C28H28/c1-19-11-20(2)14-23(13-19)17-25-9-10-26(28-8-6-5-7-27(25)28)18-24-15-21(3)12-22(4)16-24/h5-16H,17-18H2,1-4H3. The summed E-state index contributed by atoms with van der Waals surface area (Å²) in [5.74, 6) is 0. The molecular formula is C28H28. The molecule has 0 aromatic heterocycles. The summed E-state index contributed by atoms with van der Waals surface area (Å²) < 4.78 is 0. The van der Waals surface area contributed by atoms with E-state index in [9.17, 15) is 0 Å². The fourth-order valence-electron chi connectivity index (χ4n) is 4.51. The number of fused-ring (bicyclic) bond motifs is 1. The summed E-state index contributed by atoms with van der Waals surface area (Å²) in [6.45, 7) is 8.73. The van der Waals surface area contributed by atoms with Gasteiger partial charge in [-0.3, -0.25) is 0 Å². The Hall–Kier alpha value is -2.86. The summed E-state index contributed by atoms with van der Waals surface area (Å²) in [5, 5.41) is 2.76. The summed E-state index contributed by atoms with van der Waals surface area (Å²) in [4.78, 5) is 0. The highest BCUT2D eigenvalue weighted by Crippen LogP contribution is 2.27. The second-order valence-electron chi connectivity index (χ2n) is 8.27. The predicted molar refractivity (Wildman–Crippen MR) is 121 cm³/mol. The van der Waals surface area contributed by atoms with E-state index in [1.807, 2.05) is 0 Å². The lowest BCUT2D eigenvalue weighted by Crippen LogP contribution is -1.96. The van der Waals surface area contributed by atoms with Gasteiger partial charge in [0, 0.05) is 0 Å². The number of hydrogen-bond donors (Lipinski definition) is 0. The molecule has 0 aliphatic rings. The summed E-state index contributed by atoms with van der Waals surface area (Å²) in [6, 6.07) is 27.3. The molecule has 0 bridgehead atoms. The largest absolute Gasteiger partial charge is 0.0616 e. The van der Waals surface area contributed by atoms with Crippen LogP contribution in [0.3, 0.4) is 0 Å². The third-order valence-corrected chi connectivity index (χ3v) is 5.46. The summed E-state index contributed by atoms with van der Waals surface area (Å²) in [6.07, 6.45) is 1.96. The monoisotopic (exact) mass is 364 g/mol. The van der Waals surface area contributed by atoms with Gasteiger partial charge in [-0.25, -0.2) is 0 Å². The van der Waals surface area contributed by atoms with E-state index in [1.165, 1.54) is 55.3 Å². The van der Waals surface area contributed by atoms with E-state index in [0.29, 0.717) is 0 Å². The quantitative estimate of drug-likeness (QED) is 0.357. The van der Waals surface area contributed by atoms with Crippen LogP contribution in [-0.4, -0.2) is 0 Å². The Labute approximate surface area is 168 Å². The van der Waals surface area contributed by atoms with Crippen molar-refractivity contribution in [1.82, 2.24) is 0 Å². The van der Waals surface area contributed by atoms with E-state index in [2.05, 4.69) is 100 Å². The first-order chi connectivity index (χ1) is 13.5. The molecule has 0 amide bonds. The maximum Gasteiger partial charge on any atom is -0.00194 e. The zero-order chi connectivity index (χ0) is 19.7. The molecule has 0 radical (unpaired) electrons. The van der Waals surface area contributed by atoms with Gasteiger partial charge < -0.3 is 0 Å². The highest BCUT2D eigenvalue weighted by atomic mass is 14.1. The van der Waals surface area contributed by atoms with Gasteiger partial charge in [0.25, 0.3) is 0 Å². The number of benzene rings is 4. The van der Waals surface area contributed by atoms with E-state index in [4.69, 9.17) is 0 Å². The average Bonchev–Trinajstić information content (AvgIpc) is 2.62. The van der Waals surface area contributed by atoms with Crippen LogP contribution >= 0.6 is 0 Å². The zero-order valence-electron chi connectivity index (χ0n) is 17.3. The predicted octanol–water partition coefficient (Wildman–Crippen LogP) is 7.26. The van der Waals surface area contributed by atoms with Gasteiger partial charge in [0.2, 0.25) is 0 Å². The molecule has 0 fully saturated rings. The maximum atomic E-state index is 2.33. The minimum atomic E-state index is 0.979. The SMILES string of the molecule is Cc1cc(C)cc(Cc2ccc(Cc3cc(C)cc(C)c3)c3ccccc23)c1. The van der Waals surface area contributed by atoms with Crippen molar-refractivity contribution in [2.75, 3.05) is 0 Å². The van der Waals surface area contributed by atoms with Crippen LogP contribution in [0.5, 0.6) is 0 Å². The molecule has 0 atom stereocenters. The lowest BCUT2D eigenvalue weighted by Gasteiger charge is -2.13. The van der Waals surface area contributed by atoms with Crippen LogP contribution in [0.4, 0.5) is 0 Å². The van der Waals surface area contributed by atoms with E-state index in [0.717, 1.165) is 12.8 Å². The highest BCUT2D eigenvalue weighted by molar-refractivity contribution is 5.89. The van der Waals surface area contributed by atoms with Gasteiger partial charge in [0.1, 0.15) is 0 Å². The van der Waals surface area contributed by atoms with Crippen LogP contribution in [0.25, 0.3) is 10.8 Å². The fourth-order valence-corrected chi connectivity index (χ4v) is 4.51. The topological polar surface area (TPSA) is 0 Å². The Balaban J connectivity index is 1.74. The first-order valence-corrected chi connectivity index (χ1v) is 10.1. The molecule has 0 nitrogen and oxygen atoms in total. The van der Waals surface area contributed by atoms with Gasteiger partial charge >= 0.3 is 0 Å². The lowest BCUT2D eigenvalue weighted by atomic mass is 9.91. The Morgan fingerprint density at radius 3 is 1.18 bits per heavy atom. The van der Waals surface area contributed by atoms with Crippen LogP contribution < -0.4 is 0 Å². The number of aryl methyl sites for hydroxylation is 4. The van der Waals surface area contributed by atoms with Crippen molar-refractivity contribution in [3.8, 4) is 0 Å². The molecule has 4 aromatic rings. The van der Waals surface area contributed by atoms with E-state index in [1.54, 1.807) is 0 Å². The minimum Gasteiger partial charge on any atom is -0.0616 e. The molecule has 0 unspecified atom stereocenters. The normalized spacial score (nSPS) is 11.1. The molecule has 0 heterocycles. The smallest absolute Gasteiger partial charge is 0.00194 e. The van der Waals surface area contributed by atoms with Crippen LogP contribution in [0, 0.1) is 27.7 Å². The molecule has 0 spiro atoms. The van der Waals surface area contributed by atoms with Gasteiger partial charge in [-0.2, -0.15) is 0 Å². The zero-order valence-corrected chi connectivity index (χ0v) is 17.3. The third kappa shape index (κ3) is 4.02. The van der Waals surface area contributed by atoms with Crippen molar-refractivity contribution >= 4 is 10.8 Å². The molecular weight excluding hydrogens is 336 g/mol. The Morgan fingerprint density at radius 2 is 0.821 bits per heavy atom. The van der Waals surface area contributed by atoms with Crippen LogP contribution in [0.2, 0.25) is 0 Å². The highest BCUT2D eigenvalue weighted by Gasteiger charge is 2.08. The van der Waals surface area contributed by atoms with Gasteiger partial charge in [-0.05, 0) is 73.6 Å². The van der Waals surface area contributed by atoms with E-state index < -0.39 is 0 Å². The second kappa shape index (κ2) is 7.64. The van der Waals surface area contributed by atoms with Crippen LogP contribution in [0.15, 0.2) is 72.8 Å². The van der Waals surface area contributed by atoms with Gasteiger partial charge in [0.05, 0.1) is 0 Å². The third-order valence-electron chi connectivity index (χ3n) is 5.46. The maximum absolute atomic E-state index is 2.33. The van der Waals surface area contributed by atoms with Gasteiger partial charge in [-0.15, -0.1) is 0 Å². The molecule has 4 rings (SSSR count). The molecule has 0 heteroatoms. The molecule has 28 heavy (non-hydrogen) atoms. The number of hydrogen-bond acceptors (Lipinski definition) is 0.